The minimum atomic E-state index is 0.205. The van der Waals surface area contributed by atoms with E-state index in [9.17, 15) is 0 Å². The van der Waals surface area contributed by atoms with Crippen LogP contribution in [0.15, 0.2) is 36.8 Å². The van der Waals surface area contributed by atoms with Gasteiger partial charge in [-0.15, -0.1) is 0 Å². The van der Waals surface area contributed by atoms with Gasteiger partial charge in [0.25, 0.3) is 5.88 Å². The molecule has 152 valence electrons. The predicted octanol–water partition coefficient (Wildman–Crippen LogP) is 2.37. The van der Waals surface area contributed by atoms with Crippen LogP contribution in [0, 0.1) is 6.92 Å². The SMILES string of the molecule is COc1cc(Nc2nccc(-c3[nH]c(C)nc3-c3cnc(N)c(OC)n3)n2)ccn1. The van der Waals surface area contributed by atoms with Crippen LogP contribution in [-0.2, 0) is 0 Å². The van der Waals surface area contributed by atoms with E-state index >= 15 is 0 Å². The number of hydrogen-bond acceptors (Lipinski definition) is 10. The Bertz CT molecular complexity index is 1190. The van der Waals surface area contributed by atoms with Gasteiger partial charge in [-0.05, 0) is 19.1 Å². The highest BCUT2D eigenvalue weighted by Crippen LogP contribution is 2.30. The number of nitrogen functional groups attached to an aromatic ring is 1. The summed E-state index contributed by atoms with van der Waals surface area (Å²) < 4.78 is 10.3. The van der Waals surface area contributed by atoms with Gasteiger partial charge in [0.05, 0.1) is 31.8 Å². The highest BCUT2D eigenvalue weighted by Gasteiger charge is 2.18. The molecule has 0 fully saturated rings. The van der Waals surface area contributed by atoms with Gasteiger partial charge in [-0.2, -0.15) is 0 Å². The average molecular weight is 405 g/mol. The first-order chi connectivity index (χ1) is 14.6. The van der Waals surface area contributed by atoms with Crippen LogP contribution in [0.1, 0.15) is 5.82 Å². The molecule has 11 nitrogen and oxygen atoms in total. The molecule has 0 bridgehead atoms. The highest BCUT2D eigenvalue weighted by atomic mass is 16.5. The molecule has 4 aromatic rings. The molecule has 0 aliphatic rings. The summed E-state index contributed by atoms with van der Waals surface area (Å²) in [5.74, 6) is 2.02. The lowest BCUT2D eigenvalue weighted by Gasteiger charge is -2.08. The van der Waals surface area contributed by atoms with Gasteiger partial charge in [-0.25, -0.2) is 29.9 Å². The van der Waals surface area contributed by atoms with E-state index in [-0.39, 0.29) is 11.7 Å². The molecule has 0 aliphatic heterocycles. The van der Waals surface area contributed by atoms with Crippen molar-refractivity contribution in [1.29, 1.82) is 0 Å². The van der Waals surface area contributed by atoms with Crippen LogP contribution in [0.5, 0.6) is 11.8 Å². The van der Waals surface area contributed by atoms with Crippen LogP contribution in [0.3, 0.4) is 0 Å². The van der Waals surface area contributed by atoms with Crippen molar-refractivity contribution in [3.05, 3.63) is 42.6 Å². The van der Waals surface area contributed by atoms with Gasteiger partial charge in [0.2, 0.25) is 11.8 Å². The zero-order valence-corrected chi connectivity index (χ0v) is 16.5. The van der Waals surface area contributed by atoms with Crippen molar-refractivity contribution in [2.24, 2.45) is 0 Å². The fourth-order valence-corrected chi connectivity index (χ4v) is 2.79. The largest absolute Gasteiger partial charge is 0.481 e. The van der Waals surface area contributed by atoms with E-state index < -0.39 is 0 Å². The summed E-state index contributed by atoms with van der Waals surface area (Å²) in [5.41, 5.74) is 8.91. The number of aromatic amines is 1. The fraction of sp³-hybridized carbons (Fsp3) is 0.158. The number of ether oxygens (including phenoxy) is 2. The standard InChI is InChI=1S/C19H19N9O2/c1-10-24-15(16(25-10)13-9-23-17(20)18(27-13)30-3)12-5-7-22-19(28-12)26-11-4-6-21-14(8-11)29-2/h4-9H,1-3H3,(H2,20,23)(H,24,25)(H,21,22,26,28). The van der Waals surface area contributed by atoms with Crippen molar-refractivity contribution in [2.45, 2.75) is 6.92 Å². The number of rotatable bonds is 6. The van der Waals surface area contributed by atoms with Crippen LogP contribution in [0.25, 0.3) is 22.8 Å². The first-order valence-electron chi connectivity index (χ1n) is 8.91. The number of nitrogens with two attached hydrogens (primary N) is 1. The third-order valence-corrected chi connectivity index (χ3v) is 4.14. The Balaban J connectivity index is 1.71. The summed E-state index contributed by atoms with van der Waals surface area (Å²) in [6, 6.07) is 5.31. The summed E-state index contributed by atoms with van der Waals surface area (Å²) in [4.78, 5) is 29.3. The van der Waals surface area contributed by atoms with Gasteiger partial charge < -0.3 is 25.5 Å². The average Bonchev–Trinajstić information content (AvgIpc) is 3.16. The Morgan fingerprint density at radius 3 is 2.60 bits per heavy atom. The summed E-state index contributed by atoms with van der Waals surface area (Å²) in [7, 11) is 3.04. The molecule has 0 radical (unpaired) electrons. The van der Waals surface area contributed by atoms with E-state index in [0.29, 0.717) is 40.4 Å². The van der Waals surface area contributed by atoms with Crippen molar-refractivity contribution >= 4 is 17.5 Å². The molecule has 0 spiro atoms. The van der Waals surface area contributed by atoms with Gasteiger partial charge in [0.15, 0.2) is 5.82 Å². The summed E-state index contributed by atoms with van der Waals surface area (Å²) >= 11 is 0. The fourth-order valence-electron chi connectivity index (χ4n) is 2.79. The van der Waals surface area contributed by atoms with Crippen LogP contribution >= 0.6 is 0 Å². The Kier molecular flexibility index (Phi) is 5.08. The van der Waals surface area contributed by atoms with E-state index in [2.05, 4.69) is 40.2 Å². The lowest BCUT2D eigenvalue weighted by atomic mass is 10.2. The zero-order valence-electron chi connectivity index (χ0n) is 16.5. The maximum absolute atomic E-state index is 5.78. The number of nitrogens with zero attached hydrogens (tertiary/aromatic N) is 6. The maximum atomic E-state index is 5.78. The van der Waals surface area contributed by atoms with Crippen molar-refractivity contribution < 1.29 is 9.47 Å². The summed E-state index contributed by atoms with van der Waals surface area (Å²) in [6.45, 7) is 1.85. The van der Waals surface area contributed by atoms with Gasteiger partial charge in [0, 0.05) is 24.1 Å². The second-order valence-corrected chi connectivity index (χ2v) is 6.17. The van der Waals surface area contributed by atoms with Crippen LogP contribution in [0.2, 0.25) is 0 Å². The molecule has 4 rings (SSSR count). The van der Waals surface area contributed by atoms with E-state index in [0.717, 1.165) is 5.69 Å². The molecule has 0 aromatic carbocycles. The normalized spacial score (nSPS) is 10.6. The number of aryl methyl sites for hydroxylation is 1. The lowest BCUT2D eigenvalue weighted by Crippen LogP contribution is -2.01. The number of hydrogen-bond donors (Lipinski definition) is 3. The third kappa shape index (κ3) is 3.81. The Morgan fingerprint density at radius 1 is 0.967 bits per heavy atom. The topological polar surface area (TPSA) is 150 Å². The molecule has 0 aliphatic carbocycles. The number of pyridine rings is 1. The smallest absolute Gasteiger partial charge is 0.257 e. The van der Waals surface area contributed by atoms with E-state index in [1.807, 2.05) is 6.92 Å². The van der Waals surface area contributed by atoms with E-state index in [1.165, 1.54) is 7.11 Å². The van der Waals surface area contributed by atoms with Crippen molar-refractivity contribution in [3.63, 3.8) is 0 Å². The molecule has 4 N–H and O–H groups in total. The number of anilines is 3. The third-order valence-electron chi connectivity index (χ3n) is 4.14. The number of methoxy groups -OCH3 is 2. The highest BCUT2D eigenvalue weighted by molar-refractivity contribution is 5.75. The van der Waals surface area contributed by atoms with Crippen molar-refractivity contribution in [1.82, 2.24) is 34.9 Å². The van der Waals surface area contributed by atoms with Crippen molar-refractivity contribution in [3.8, 4) is 34.5 Å². The molecule has 11 heteroatoms. The van der Waals surface area contributed by atoms with Crippen LogP contribution in [0.4, 0.5) is 17.5 Å². The van der Waals surface area contributed by atoms with Gasteiger partial charge in [0.1, 0.15) is 17.2 Å². The molecule has 30 heavy (non-hydrogen) atoms. The molecular formula is C19H19N9O2. The first-order valence-corrected chi connectivity index (χ1v) is 8.91. The number of imidazole rings is 1. The van der Waals surface area contributed by atoms with Gasteiger partial charge >= 0.3 is 0 Å². The molecule has 0 saturated heterocycles. The molecule has 0 saturated carbocycles. The number of H-pyrrole nitrogens is 1. The van der Waals surface area contributed by atoms with Gasteiger partial charge in [-0.1, -0.05) is 0 Å². The minimum absolute atomic E-state index is 0.205. The second-order valence-electron chi connectivity index (χ2n) is 6.17. The summed E-state index contributed by atoms with van der Waals surface area (Å²) in [5, 5.41) is 3.14. The summed E-state index contributed by atoms with van der Waals surface area (Å²) in [6.07, 6.45) is 4.83. The zero-order chi connectivity index (χ0) is 21.1. The maximum Gasteiger partial charge on any atom is 0.257 e. The molecule has 0 unspecified atom stereocenters. The van der Waals surface area contributed by atoms with Gasteiger partial charge in [-0.3, -0.25) is 0 Å². The predicted molar refractivity (Wildman–Crippen MR) is 110 cm³/mol. The Morgan fingerprint density at radius 2 is 1.80 bits per heavy atom. The van der Waals surface area contributed by atoms with Crippen LogP contribution in [-0.4, -0.2) is 49.1 Å². The molecule has 0 amide bonds. The monoisotopic (exact) mass is 405 g/mol. The molecule has 0 atom stereocenters. The van der Waals surface area contributed by atoms with E-state index in [1.54, 1.807) is 43.9 Å². The van der Waals surface area contributed by atoms with Crippen LogP contribution < -0.4 is 20.5 Å². The second kappa shape index (κ2) is 7.99. The van der Waals surface area contributed by atoms with Crippen molar-refractivity contribution in [2.75, 3.05) is 25.3 Å². The first kappa shape index (κ1) is 19.1. The lowest BCUT2D eigenvalue weighted by molar-refractivity contribution is 0.398. The molecule has 4 heterocycles. The number of nitrogens with one attached hydrogen (secondary N) is 2. The molecule has 4 aromatic heterocycles. The molecular weight excluding hydrogens is 386 g/mol. The Labute approximate surface area is 171 Å². The number of aromatic nitrogens is 7. The Hall–Kier alpha value is -4.28. The van der Waals surface area contributed by atoms with E-state index in [4.69, 9.17) is 15.2 Å². The minimum Gasteiger partial charge on any atom is -0.481 e. The quantitative estimate of drug-likeness (QED) is 0.436.